The number of rotatable bonds is 25. The van der Waals surface area contributed by atoms with Crippen molar-refractivity contribution in [1.82, 2.24) is 0 Å². The number of para-hydroxylation sites is 1. The average Bonchev–Trinajstić information content (AvgIpc) is 1.66. The Morgan fingerprint density at radius 1 is 0.528 bits per heavy atom. The first kappa shape index (κ1) is 62.6. The Morgan fingerprint density at radius 2 is 1.04 bits per heavy atom. The fraction of sp³-hybridized carbons (Fsp3) is 0.408. The first-order valence-corrected chi connectivity index (χ1v) is 33.4. The molecule has 0 spiro atoms. The van der Waals surface area contributed by atoms with Gasteiger partial charge < -0.3 is 25.3 Å². The monoisotopic (exact) mass is 1220 g/mol. The van der Waals surface area contributed by atoms with Gasteiger partial charge in [-0.25, -0.2) is 4.79 Å². The molecule has 5 aromatic rings. The Bertz CT molecular complexity index is 4120. The van der Waals surface area contributed by atoms with E-state index in [9.17, 15) is 39.6 Å². The highest BCUT2D eigenvalue weighted by atomic mass is 32.1. The predicted molar refractivity (Wildman–Crippen MR) is 358 cm³/mol. The van der Waals surface area contributed by atoms with Gasteiger partial charge in [-0.1, -0.05) is 129 Å². The lowest BCUT2D eigenvalue weighted by molar-refractivity contribution is -0.669. The number of Topliss-reactive ketones (excluding diaryl/α,β-unsaturated/α-hetero) is 3. The minimum atomic E-state index is -1.01. The number of unbranched alkanes of at least 4 members (excludes halogenated alkanes) is 10. The number of aromatic nitrogens is 1. The molecule has 4 heterocycles. The number of hydrogen-bond acceptors (Lipinski definition) is 9. The minimum Gasteiger partial charge on any atom is -0.506 e. The third-order valence-electron chi connectivity index (χ3n) is 19.6. The number of fused-ring (bicyclic) bond motifs is 4. The number of carboxylic acid groups (broad SMARTS) is 1. The van der Waals surface area contributed by atoms with Crippen LogP contribution in [-0.2, 0) is 37.2 Å². The van der Waals surface area contributed by atoms with Crippen LogP contribution in [0.3, 0.4) is 0 Å². The number of benzene rings is 4. The number of aliphatic hydroxyl groups is 3. The zero-order valence-electron chi connectivity index (χ0n) is 53.7. The van der Waals surface area contributed by atoms with Crippen LogP contribution < -0.4 is 9.47 Å². The molecule has 0 bridgehead atoms. The van der Waals surface area contributed by atoms with E-state index in [1.165, 1.54) is 0 Å². The number of aryl methyl sites for hydroxylation is 1. The topological polar surface area (TPSA) is 162 Å². The van der Waals surface area contributed by atoms with Gasteiger partial charge in [-0.3, -0.25) is 14.4 Å². The molecule has 0 amide bonds. The average molecular weight is 1220 g/mol. The smallest absolute Gasteiger partial charge is 0.335 e. The van der Waals surface area contributed by atoms with Gasteiger partial charge in [-0.05, 0) is 106 Å². The Labute approximate surface area is 528 Å². The van der Waals surface area contributed by atoms with Crippen LogP contribution in [0, 0.1) is 0 Å². The number of carbonyl (C=O) groups is 4. The fourth-order valence-electron chi connectivity index (χ4n) is 14.2. The third-order valence-corrected chi connectivity index (χ3v) is 20.7. The van der Waals surface area contributed by atoms with Gasteiger partial charge >= 0.3 is 5.97 Å². The lowest BCUT2D eigenvalue weighted by Gasteiger charge is -2.29. The molecular weight excluding hydrogens is 1130 g/mol. The summed E-state index contributed by atoms with van der Waals surface area (Å²) in [5.74, 6) is -1.90. The largest absolute Gasteiger partial charge is 0.506 e. The maximum absolute atomic E-state index is 14.8. The minimum absolute atomic E-state index is 0.0108. The van der Waals surface area contributed by atoms with Gasteiger partial charge in [0.15, 0.2) is 18.0 Å². The van der Waals surface area contributed by atoms with Crippen LogP contribution in [0.15, 0.2) is 142 Å². The molecule has 0 radical (unpaired) electrons. The van der Waals surface area contributed by atoms with Crippen LogP contribution in [0.1, 0.15) is 202 Å². The molecular formula is C76H87N4O8S+3. The molecule has 3 aliphatic carbocycles. The van der Waals surface area contributed by atoms with E-state index in [-0.39, 0.29) is 62.5 Å². The molecule has 0 unspecified atom stereocenters. The number of aromatic carboxylic acids is 1. The Balaban J connectivity index is 0.913. The highest BCUT2D eigenvalue weighted by Crippen LogP contribution is 2.52. The van der Waals surface area contributed by atoms with Crippen molar-refractivity contribution in [2.24, 2.45) is 0 Å². The molecule has 4 N–H and O–H groups in total. The van der Waals surface area contributed by atoms with Crippen LogP contribution in [0.5, 0.6) is 0 Å². The summed E-state index contributed by atoms with van der Waals surface area (Å²) in [6.07, 6.45) is 21.8. The quantitative estimate of drug-likeness (QED) is 0.0253. The second kappa shape index (κ2) is 24.7. The zero-order chi connectivity index (χ0) is 63.4. The van der Waals surface area contributed by atoms with Crippen molar-refractivity contribution in [3.8, 4) is 0 Å². The highest BCUT2D eigenvalue weighted by molar-refractivity contribution is 7.18. The van der Waals surface area contributed by atoms with Crippen molar-refractivity contribution < 1.29 is 53.3 Å². The van der Waals surface area contributed by atoms with E-state index >= 15 is 0 Å². The normalized spacial score (nSPS) is 19.9. The van der Waals surface area contributed by atoms with Crippen molar-refractivity contribution in [2.75, 3.05) is 24.5 Å². The number of ketones is 3. The standard InChI is InChI=1S/C76H84N4O8S/c1-11-15-19-21-25-37-78-56-32-29-46(65-69(83)51(70(65)84)44-63-76(9,10)55-41-48(73(87)88)31-34-58(55)77(63)35-17-13-3)39-53(56)74(5,6)61(78)42-49-67(81)50(68(49)82)43-62-75(7,8)54-40-47(30-33-57(54)79(62)38-26-22-20-16-12-2)66-71(85)52(72(66)86)45-64-80(36-18-14-4)59-27-23-24-28-60(59)89-64/h23-24,27-34,39-45H,11-22,25-26,35-38H2,1-10H3,(H-3,81,82,83,84,85,86,87,88)/p+3. The van der Waals surface area contributed by atoms with Crippen LogP contribution in [0.4, 0.5) is 17.1 Å². The molecule has 1 aromatic heterocycles. The maximum Gasteiger partial charge on any atom is 0.335 e. The molecule has 3 aliphatic heterocycles. The molecule has 13 heteroatoms. The molecule has 6 aliphatic rings. The first-order chi connectivity index (χ1) is 42.6. The van der Waals surface area contributed by atoms with Crippen LogP contribution in [0.25, 0.3) is 27.4 Å². The second-order valence-electron chi connectivity index (χ2n) is 26.6. The van der Waals surface area contributed by atoms with E-state index in [2.05, 4.69) is 86.1 Å². The van der Waals surface area contributed by atoms with E-state index < -0.39 is 22.2 Å². The lowest BCUT2D eigenvalue weighted by Crippen LogP contribution is -2.35. The van der Waals surface area contributed by atoms with Crippen LogP contribution >= 0.6 is 11.3 Å². The van der Waals surface area contributed by atoms with Gasteiger partial charge in [0.2, 0.25) is 34.2 Å². The number of hydrogen-bond donors (Lipinski definition) is 4. The van der Waals surface area contributed by atoms with Gasteiger partial charge in [0, 0.05) is 90.2 Å². The number of anilines is 1. The Hall–Kier alpha value is -8.03. The molecule has 0 fully saturated rings. The van der Waals surface area contributed by atoms with Gasteiger partial charge in [0.1, 0.15) is 35.1 Å². The summed E-state index contributed by atoms with van der Waals surface area (Å²) in [6, 6.07) is 25.3. The number of allylic oxidation sites excluding steroid dienone is 10. The summed E-state index contributed by atoms with van der Waals surface area (Å²) >= 11 is 1.62. The van der Waals surface area contributed by atoms with Crippen molar-refractivity contribution in [2.45, 2.75) is 182 Å². The summed E-state index contributed by atoms with van der Waals surface area (Å²) < 4.78 is 7.78. The zero-order valence-corrected chi connectivity index (χ0v) is 54.5. The number of nitrogens with zero attached hydrogens (tertiary/aromatic N) is 4. The lowest BCUT2D eigenvalue weighted by atomic mass is 9.75. The van der Waals surface area contributed by atoms with E-state index in [1.807, 2.05) is 86.7 Å². The van der Waals surface area contributed by atoms with Crippen molar-refractivity contribution in [1.29, 1.82) is 0 Å². The third kappa shape index (κ3) is 10.8. The van der Waals surface area contributed by atoms with E-state index in [4.69, 9.17) is 0 Å². The maximum atomic E-state index is 14.8. The molecule has 0 saturated carbocycles. The highest BCUT2D eigenvalue weighted by Gasteiger charge is 2.51. The van der Waals surface area contributed by atoms with Crippen molar-refractivity contribution in [3.63, 3.8) is 0 Å². The Kier molecular flexibility index (Phi) is 17.4. The fourth-order valence-corrected chi connectivity index (χ4v) is 15.4. The number of aliphatic hydroxyl groups excluding tert-OH is 3. The molecule has 0 atom stereocenters. The molecule has 462 valence electrons. The van der Waals surface area contributed by atoms with Gasteiger partial charge in [0.05, 0.1) is 49.8 Å². The van der Waals surface area contributed by atoms with E-state index in [1.54, 1.807) is 29.5 Å². The van der Waals surface area contributed by atoms with Crippen molar-refractivity contribution >= 4 is 90.6 Å². The number of thiazole rings is 1. The molecule has 12 nitrogen and oxygen atoms in total. The summed E-state index contributed by atoms with van der Waals surface area (Å²) in [6.45, 7) is 24.0. The molecule has 0 saturated heterocycles. The van der Waals surface area contributed by atoms with E-state index in [0.717, 1.165) is 163 Å². The van der Waals surface area contributed by atoms with Crippen molar-refractivity contribution in [3.05, 3.63) is 181 Å². The molecule has 4 aromatic carbocycles. The SMILES string of the molecule is CCCCCCCN1/C(=C/C2=C(O)C(=C\C3=[N+](CCCCCCC)c4ccc(C5=C(O)/C(=C/C6=[N+](CCCC)c7ccc(C(=O)O)cc7C6(C)C)C5=O)cc4C3(C)C)/C2=O)C(C)(C)c2cc(C3=C(O)/C(=C/c4sc5ccccc5[n+]4CCCC)C3=O)ccc21. The molecule has 89 heavy (non-hydrogen) atoms. The number of carbonyl (C=O) groups excluding carboxylic acids is 3. The predicted octanol–water partition coefficient (Wildman–Crippen LogP) is 16.6. The van der Waals surface area contributed by atoms with Gasteiger partial charge in [-0.15, -0.1) is 0 Å². The number of carboxylic acids is 1. The summed E-state index contributed by atoms with van der Waals surface area (Å²) in [4.78, 5) is 57.8. The summed E-state index contributed by atoms with van der Waals surface area (Å²) in [7, 11) is 0. The molecule has 11 rings (SSSR count). The second-order valence-corrected chi connectivity index (χ2v) is 27.7. The van der Waals surface area contributed by atoms with Gasteiger partial charge in [0.25, 0.3) is 5.01 Å². The summed E-state index contributed by atoms with van der Waals surface area (Å²) in [5.41, 5.74) is 10.2. The van der Waals surface area contributed by atoms with E-state index in [0.29, 0.717) is 41.9 Å². The van der Waals surface area contributed by atoms with Gasteiger partial charge in [-0.2, -0.15) is 13.7 Å². The Morgan fingerprint density at radius 3 is 1.64 bits per heavy atom. The van der Waals surface area contributed by atoms with Crippen LogP contribution in [-0.4, -0.2) is 84.0 Å². The first-order valence-electron chi connectivity index (χ1n) is 32.6. The van der Waals surface area contributed by atoms with Crippen LogP contribution in [0.2, 0.25) is 0 Å². The summed E-state index contributed by atoms with van der Waals surface area (Å²) in [5, 5.41) is 46.7.